The van der Waals surface area contributed by atoms with Crippen LogP contribution in [0.5, 0.6) is 5.88 Å². The molecule has 0 bridgehead atoms. The number of ether oxygens (including phenoxy) is 1. The molecular formula is C16H30N4O. The van der Waals surface area contributed by atoms with E-state index in [4.69, 9.17) is 4.74 Å². The molecule has 21 heavy (non-hydrogen) atoms. The summed E-state index contributed by atoms with van der Waals surface area (Å²) in [7, 11) is 0. The molecule has 1 aromatic rings. The lowest BCUT2D eigenvalue weighted by Gasteiger charge is -2.20. The van der Waals surface area contributed by atoms with Crippen LogP contribution in [0.2, 0.25) is 0 Å². The molecule has 1 rings (SSSR count). The quantitative estimate of drug-likeness (QED) is 0.799. The third-order valence-corrected chi connectivity index (χ3v) is 3.29. The first-order valence-corrected chi connectivity index (χ1v) is 7.89. The van der Waals surface area contributed by atoms with Gasteiger partial charge in [0.05, 0.1) is 6.61 Å². The minimum atomic E-state index is -0.0948. The van der Waals surface area contributed by atoms with E-state index in [0.717, 1.165) is 37.8 Å². The van der Waals surface area contributed by atoms with Crippen molar-refractivity contribution < 1.29 is 4.74 Å². The predicted molar refractivity (Wildman–Crippen MR) is 88.2 cm³/mol. The van der Waals surface area contributed by atoms with Crippen molar-refractivity contribution in [2.24, 2.45) is 0 Å². The molecule has 5 heteroatoms. The van der Waals surface area contributed by atoms with Gasteiger partial charge in [0.1, 0.15) is 11.6 Å². The Labute approximate surface area is 129 Å². The van der Waals surface area contributed by atoms with E-state index in [1.165, 1.54) is 0 Å². The van der Waals surface area contributed by atoms with Crippen molar-refractivity contribution in [2.45, 2.75) is 47.0 Å². The summed E-state index contributed by atoms with van der Waals surface area (Å²) in [5.41, 5.74) is -0.0948. The van der Waals surface area contributed by atoms with Gasteiger partial charge in [-0.05, 0) is 20.0 Å². The predicted octanol–water partition coefficient (Wildman–Crippen LogP) is 2.93. The molecule has 0 radical (unpaired) electrons. The van der Waals surface area contributed by atoms with Gasteiger partial charge in [0, 0.05) is 24.6 Å². The minimum Gasteiger partial charge on any atom is -0.478 e. The van der Waals surface area contributed by atoms with Crippen LogP contribution in [0.3, 0.4) is 0 Å². The first-order valence-electron chi connectivity index (χ1n) is 7.89. The third kappa shape index (κ3) is 5.87. The van der Waals surface area contributed by atoms with Gasteiger partial charge in [-0.2, -0.15) is 4.98 Å². The highest BCUT2D eigenvalue weighted by Gasteiger charge is 2.19. The molecule has 0 aromatic carbocycles. The second-order valence-corrected chi connectivity index (χ2v) is 6.05. The highest BCUT2D eigenvalue weighted by atomic mass is 16.5. The summed E-state index contributed by atoms with van der Waals surface area (Å²) < 4.78 is 5.55. The SMILES string of the molecule is CCOc1cc(NCCN(CC)CC)nc(C(C)(C)C)n1. The zero-order valence-corrected chi connectivity index (χ0v) is 14.4. The van der Waals surface area contributed by atoms with Crippen molar-refractivity contribution in [3.8, 4) is 5.88 Å². The maximum Gasteiger partial charge on any atom is 0.218 e. The second-order valence-electron chi connectivity index (χ2n) is 6.05. The molecule has 1 heterocycles. The average molecular weight is 294 g/mol. The number of hydrogen-bond acceptors (Lipinski definition) is 5. The molecule has 5 nitrogen and oxygen atoms in total. The lowest BCUT2D eigenvalue weighted by molar-refractivity contribution is 0.315. The molecule has 0 unspecified atom stereocenters. The number of nitrogens with one attached hydrogen (secondary N) is 1. The molecule has 1 aromatic heterocycles. The molecule has 0 aliphatic rings. The van der Waals surface area contributed by atoms with Crippen LogP contribution in [0.25, 0.3) is 0 Å². The molecule has 0 fully saturated rings. The molecule has 0 spiro atoms. The van der Waals surface area contributed by atoms with Gasteiger partial charge in [0.25, 0.3) is 0 Å². The number of rotatable bonds is 8. The van der Waals surface area contributed by atoms with Gasteiger partial charge >= 0.3 is 0 Å². The zero-order valence-electron chi connectivity index (χ0n) is 14.4. The van der Waals surface area contributed by atoms with Crippen molar-refractivity contribution in [1.29, 1.82) is 0 Å². The van der Waals surface area contributed by atoms with Crippen molar-refractivity contribution in [1.82, 2.24) is 14.9 Å². The van der Waals surface area contributed by atoms with E-state index in [1.54, 1.807) is 0 Å². The normalized spacial score (nSPS) is 11.8. The van der Waals surface area contributed by atoms with Crippen molar-refractivity contribution >= 4 is 5.82 Å². The van der Waals surface area contributed by atoms with Crippen LogP contribution in [0, 0.1) is 0 Å². The van der Waals surface area contributed by atoms with Gasteiger partial charge in [-0.15, -0.1) is 0 Å². The van der Waals surface area contributed by atoms with E-state index in [2.05, 4.69) is 54.8 Å². The molecule has 120 valence electrons. The summed E-state index contributed by atoms with van der Waals surface area (Å²) in [5.74, 6) is 2.28. The van der Waals surface area contributed by atoms with E-state index < -0.39 is 0 Å². The number of anilines is 1. The van der Waals surface area contributed by atoms with Crippen molar-refractivity contribution in [3.05, 3.63) is 11.9 Å². The van der Waals surface area contributed by atoms with E-state index in [0.29, 0.717) is 12.5 Å². The lowest BCUT2D eigenvalue weighted by atomic mass is 9.96. The minimum absolute atomic E-state index is 0.0948. The van der Waals surface area contributed by atoms with Gasteiger partial charge in [-0.1, -0.05) is 34.6 Å². The monoisotopic (exact) mass is 294 g/mol. The lowest BCUT2D eigenvalue weighted by Crippen LogP contribution is -2.29. The number of hydrogen-bond donors (Lipinski definition) is 1. The van der Waals surface area contributed by atoms with Crippen molar-refractivity contribution in [3.63, 3.8) is 0 Å². The maximum absolute atomic E-state index is 5.55. The largest absolute Gasteiger partial charge is 0.478 e. The summed E-state index contributed by atoms with van der Waals surface area (Å²) in [6.45, 7) is 17.3. The topological polar surface area (TPSA) is 50.3 Å². The molecule has 0 atom stereocenters. The zero-order chi connectivity index (χ0) is 15.9. The Morgan fingerprint density at radius 1 is 1.14 bits per heavy atom. The fraction of sp³-hybridized carbons (Fsp3) is 0.750. The molecule has 0 aliphatic heterocycles. The standard InChI is InChI=1S/C16H30N4O/c1-7-20(8-2)11-10-17-13-12-14(21-9-3)19-15(18-13)16(4,5)6/h12H,7-11H2,1-6H3,(H,17,18,19). The van der Waals surface area contributed by atoms with Gasteiger partial charge in [0.15, 0.2) is 0 Å². The van der Waals surface area contributed by atoms with E-state index in [-0.39, 0.29) is 5.41 Å². The van der Waals surface area contributed by atoms with Gasteiger partial charge in [-0.3, -0.25) is 0 Å². The van der Waals surface area contributed by atoms with Crippen LogP contribution in [0.4, 0.5) is 5.82 Å². The maximum atomic E-state index is 5.55. The van der Waals surface area contributed by atoms with Gasteiger partial charge < -0.3 is 15.0 Å². The van der Waals surface area contributed by atoms with Crippen LogP contribution in [-0.2, 0) is 5.41 Å². The number of nitrogens with zero attached hydrogens (tertiary/aromatic N) is 3. The summed E-state index contributed by atoms with van der Waals surface area (Å²) in [6, 6.07) is 1.88. The summed E-state index contributed by atoms with van der Waals surface area (Å²) >= 11 is 0. The van der Waals surface area contributed by atoms with Crippen LogP contribution in [0.1, 0.15) is 47.4 Å². The van der Waals surface area contributed by atoms with Crippen LogP contribution >= 0.6 is 0 Å². The Kier molecular flexibility index (Phi) is 6.89. The Morgan fingerprint density at radius 2 is 1.81 bits per heavy atom. The van der Waals surface area contributed by atoms with Crippen molar-refractivity contribution in [2.75, 3.05) is 38.1 Å². The summed E-state index contributed by atoms with van der Waals surface area (Å²) in [5, 5.41) is 3.38. The average Bonchev–Trinajstić information content (AvgIpc) is 2.43. The Bertz CT molecular complexity index is 425. The van der Waals surface area contributed by atoms with Crippen LogP contribution < -0.4 is 10.1 Å². The molecule has 1 N–H and O–H groups in total. The van der Waals surface area contributed by atoms with Crippen LogP contribution in [-0.4, -0.2) is 47.7 Å². The van der Waals surface area contributed by atoms with Gasteiger partial charge in [-0.25, -0.2) is 4.98 Å². The molecule has 0 aliphatic carbocycles. The van der Waals surface area contributed by atoms with Gasteiger partial charge in [0.2, 0.25) is 5.88 Å². The fourth-order valence-corrected chi connectivity index (χ4v) is 1.95. The molecule has 0 saturated carbocycles. The fourth-order valence-electron chi connectivity index (χ4n) is 1.95. The summed E-state index contributed by atoms with van der Waals surface area (Å²) in [4.78, 5) is 11.5. The second kappa shape index (κ2) is 8.17. The first kappa shape index (κ1) is 17.7. The number of likely N-dealkylation sites (N-methyl/N-ethyl adjacent to an activating group) is 1. The van der Waals surface area contributed by atoms with E-state index >= 15 is 0 Å². The third-order valence-electron chi connectivity index (χ3n) is 3.29. The molecule has 0 amide bonds. The Hall–Kier alpha value is -1.36. The van der Waals surface area contributed by atoms with Crippen LogP contribution in [0.15, 0.2) is 6.07 Å². The first-order chi connectivity index (χ1) is 9.90. The summed E-state index contributed by atoms with van der Waals surface area (Å²) in [6.07, 6.45) is 0. The highest BCUT2D eigenvalue weighted by Crippen LogP contribution is 2.23. The van der Waals surface area contributed by atoms with E-state index in [1.807, 2.05) is 13.0 Å². The molecule has 0 saturated heterocycles. The smallest absolute Gasteiger partial charge is 0.218 e. The Balaban J connectivity index is 2.78. The Morgan fingerprint density at radius 3 is 2.33 bits per heavy atom. The number of aromatic nitrogens is 2. The molecular weight excluding hydrogens is 264 g/mol. The highest BCUT2D eigenvalue weighted by molar-refractivity contribution is 5.39. The van der Waals surface area contributed by atoms with E-state index in [9.17, 15) is 0 Å².